The van der Waals surface area contributed by atoms with Gasteiger partial charge in [0, 0.05) is 19.6 Å². The number of rotatable bonds is 10. The molecule has 0 radical (unpaired) electrons. The Morgan fingerprint density at radius 1 is 0.432 bits per heavy atom. The van der Waals surface area contributed by atoms with Crippen molar-refractivity contribution < 1.29 is 19.2 Å². The van der Waals surface area contributed by atoms with Crippen LogP contribution in [0.15, 0.2) is 112 Å². The average molecular weight is 657 g/mol. The Morgan fingerprint density at radius 2 is 0.795 bits per heavy atom. The molecular formula is C32H24N4O4S4. The second-order valence-corrected chi connectivity index (χ2v) is 13.5. The van der Waals surface area contributed by atoms with Crippen molar-refractivity contribution in [2.75, 3.05) is 0 Å². The lowest BCUT2D eigenvalue weighted by Gasteiger charge is -2.07. The Labute approximate surface area is 270 Å². The average Bonchev–Trinajstić information content (AvgIpc) is 3.01. The van der Waals surface area contributed by atoms with E-state index < -0.39 is 0 Å². The van der Waals surface area contributed by atoms with E-state index in [1.807, 2.05) is 88.4 Å². The monoisotopic (exact) mass is 656 g/mol. The second-order valence-electron chi connectivity index (χ2n) is 8.98. The highest BCUT2D eigenvalue weighted by Gasteiger charge is 2.09. The number of isocyanates is 4. The number of carbonyl (C=O) groups excluding carboxylic acids is 4. The Hall–Kier alpha value is -4.20. The Bertz CT molecular complexity index is 1720. The lowest BCUT2D eigenvalue weighted by Crippen LogP contribution is -1.78. The molecule has 0 aliphatic rings. The molecule has 0 amide bonds. The van der Waals surface area contributed by atoms with Crippen molar-refractivity contribution in [2.24, 2.45) is 20.0 Å². The molecule has 0 aromatic heterocycles. The Balaban J connectivity index is 0.000000240. The van der Waals surface area contributed by atoms with Gasteiger partial charge in [0.2, 0.25) is 24.3 Å². The largest absolute Gasteiger partial charge is 0.240 e. The molecule has 0 fully saturated rings. The summed E-state index contributed by atoms with van der Waals surface area (Å²) in [6.07, 6.45) is 6.26. The molecule has 0 heterocycles. The summed E-state index contributed by atoms with van der Waals surface area (Å²) in [5.74, 6) is 0. The van der Waals surface area contributed by atoms with Gasteiger partial charge in [-0.1, -0.05) is 67.4 Å². The molecule has 0 saturated heterocycles. The molecule has 0 bridgehead atoms. The molecule has 8 nitrogen and oxygen atoms in total. The summed E-state index contributed by atoms with van der Waals surface area (Å²) in [6.45, 7) is 7.72. The molecule has 4 aromatic rings. The van der Waals surface area contributed by atoms with Gasteiger partial charge in [-0.2, -0.15) is 20.0 Å². The van der Waals surface area contributed by atoms with Gasteiger partial charge < -0.3 is 0 Å². The van der Waals surface area contributed by atoms with E-state index in [2.05, 4.69) is 20.0 Å². The highest BCUT2D eigenvalue weighted by atomic mass is 33.1. The molecular weight excluding hydrogens is 633 g/mol. The van der Waals surface area contributed by atoms with Crippen LogP contribution in [0.2, 0.25) is 0 Å². The molecule has 0 N–H and O–H groups in total. The highest BCUT2D eigenvalue weighted by Crippen LogP contribution is 2.45. The Morgan fingerprint density at radius 3 is 1.16 bits per heavy atom. The summed E-state index contributed by atoms with van der Waals surface area (Å²) in [4.78, 5) is 60.3. The van der Waals surface area contributed by atoms with Gasteiger partial charge in [-0.05, 0) is 98.5 Å². The van der Waals surface area contributed by atoms with Crippen molar-refractivity contribution in [3.05, 3.63) is 95.1 Å². The maximum Gasteiger partial charge on any atom is 0.240 e. The number of aliphatic imine (C=N–C) groups is 4. The zero-order chi connectivity index (χ0) is 31.9. The maximum atomic E-state index is 10.5. The van der Waals surface area contributed by atoms with E-state index in [0.717, 1.165) is 41.8 Å². The zero-order valence-electron chi connectivity index (χ0n) is 24.0. The standard InChI is InChI=1S/2C16H12N2O2S2/c1-11-3-5-13(7-15(11)17-9-19)21-22-14-6-4-12(2)16(8-14)18-10-20;1-11-3-5-13(17-9-19)15(7-11)21-22-16-8-12(2)4-6-14(16)18-10-20/h2*3-8H,1-2H3. The number of nitrogens with zero attached hydrogens (tertiary/aromatic N) is 4. The molecule has 44 heavy (non-hydrogen) atoms. The van der Waals surface area contributed by atoms with Gasteiger partial charge in [0.25, 0.3) is 0 Å². The third-order valence-corrected chi connectivity index (χ3v) is 10.5. The third kappa shape index (κ3) is 10.5. The van der Waals surface area contributed by atoms with Crippen LogP contribution in [0.25, 0.3) is 0 Å². The fourth-order valence-electron chi connectivity index (χ4n) is 3.47. The number of hydrogen-bond donors (Lipinski definition) is 0. The van der Waals surface area contributed by atoms with Crippen LogP contribution < -0.4 is 0 Å². The normalized spacial score (nSPS) is 9.73. The van der Waals surface area contributed by atoms with E-state index in [-0.39, 0.29) is 0 Å². The van der Waals surface area contributed by atoms with Gasteiger partial charge in [0.1, 0.15) is 0 Å². The van der Waals surface area contributed by atoms with Gasteiger partial charge in [-0.15, -0.1) is 0 Å². The summed E-state index contributed by atoms with van der Waals surface area (Å²) < 4.78 is 0. The fourth-order valence-corrected chi connectivity index (χ4v) is 7.81. The predicted octanol–water partition coefficient (Wildman–Crippen LogP) is 10.1. The van der Waals surface area contributed by atoms with Crippen molar-refractivity contribution in [1.82, 2.24) is 0 Å². The minimum atomic E-state index is 0.575. The molecule has 4 rings (SSSR count). The van der Waals surface area contributed by atoms with E-state index in [1.54, 1.807) is 58.0 Å². The van der Waals surface area contributed by atoms with Gasteiger partial charge in [0.05, 0.1) is 22.7 Å². The quantitative estimate of drug-likeness (QED) is 0.0940. The molecule has 4 aromatic carbocycles. The van der Waals surface area contributed by atoms with E-state index in [1.165, 1.54) is 21.6 Å². The van der Waals surface area contributed by atoms with Crippen molar-refractivity contribution in [3.8, 4) is 0 Å². The molecule has 0 unspecified atom stereocenters. The predicted molar refractivity (Wildman–Crippen MR) is 179 cm³/mol. The van der Waals surface area contributed by atoms with Crippen LogP contribution in [0.5, 0.6) is 0 Å². The van der Waals surface area contributed by atoms with Crippen LogP contribution in [-0.4, -0.2) is 24.3 Å². The van der Waals surface area contributed by atoms with Gasteiger partial charge >= 0.3 is 0 Å². The number of benzene rings is 4. The summed E-state index contributed by atoms with van der Waals surface area (Å²) in [7, 11) is 6.00. The van der Waals surface area contributed by atoms with E-state index >= 15 is 0 Å². The first-order chi connectivity index (χ1) is 21.3. The number of aryl methyl sites for hydroxylation is 4. The molecule has 0 saturated carbocycles. The maximum absolute atomic E-state index is 10.5. The van der Waals surface area contributed by atoms with Gasteiger partial charge in [0.15, 0.2) is 0 Å². The summed E-state index contributed by atoms with van der Waals surface area (Å²) >= 11 is 0. The van der Waals surface area contributed by atoms with Crippen LogP contribution in [0, 0.1) is 27.7 Å². The first-order valence-corrected chi connectivity index (χ1v) is 17.0. The fraction of sp³-hybridized carbons (Fsp3) is 0.125. The van der Waals surface area contributed by atoms with Crippen molar-refractivity contribution in [3.63, 3.8) is 0 Å². The van der Waals surface area contributed by atoms with Gasteiger partial charge in [-0.25, -0.2) is 19.2 Å². The highest BCUT2D eigenvalue weighted by molar-refractivity contribution is 8.77. The summed E-state index contributed by atoms with van der Waals surface area (Å²) in [5.41, 5.74) is 6.39. The zero-order valence-corrected chi connectivity index (χ0v) is 27.2. The van der Waals surface area contributed by atoms with E-state index in [9.17, 15) is 19.2 Å². The smallest absolute Gasteiger partial charge is 0.211 e. The SMILES string of the molecule is Cc1ccc(N=C=O)c(SSc2cc(C)ccc2N=C=O)c1.Cc1ccc(SSc2ccc(C)c(N=C=O)c2)cc1N=C=O. The molecule has 0 atom stereocenters. The molecule has 0 aliphatic carbocycles. The van der Waals surface area contributed by atoms with Gasteiger partial charge in [-0.3, -0.25) is 0 Å². The lowest BCUT2D eigenvalue weighted by atomic mass is 10.2. The summed E-state index contributed by atoms with van der Waals surface area (Å²) in [5, 5.41) is 0. The van der Waals surface area contributed by atoms with Crippen LogP contribution in [0.4, 0.5) is 22.7 Å². The van der Waals surface area contributed by atoms with Crippen molar-refractivity contribution in [2.45, 2.75) is 47.3 Å². The van der Waals surface area contributed by atoms with E-state index in [4.69, 9.17) is 0 Å². The lowest BCUT2D eigenvalue weighted by molar-refractivity contribution is 0.564. The topological polar surface area (TPSA) is 118 Å². The van der Waals surface area contributed by atoms with Crippen LogP contribution in [0.3, 0.4) is 0 Å². The first kappa shape index (κ1) is 34.3. The van der Waals surface area contributed by atoms with Crippen LogP contribution in [-0.2, 0) is 19.2 Å². The second kappa shape index (κ2) is 17.8. The minimum absolute atomic E-state index is 0.575. The Kier molecular flexibility index (Phi) is 13.9. The third-order valence-electron chi connectivity index (χ3n) is 5.71. The minimum Gasteiger partial charge on any atom is -0.211 e. The molecule has 0 aliphatic heterocycles. The van der Waals surface area contributed by atoms with E-state index in [0.29, 0.717) is 22.7 Å². The molecule has 220 valence electrons. The number of hydrogen-bond acceptors (Lipinski definition) is 12. The summed E-state index contributed by atoms with van der Waals surface area (Å²) in [6, 6.07) is 22.7. The molecule has 12 heteroatoms. The van der Waals surface area contributed by atoms with Crippen molar-refractivity contribution in [1.29, 1.82) is 0 Å². The van der Waals surface area contributed by atoms with Crippen LogP contribution in [0.1, 0.15) is 22.3 Å². The first-order valence-electron chi connectivity index (χ1n) is 12.7. The molecule has 0 spiro atoms. The van der Waals surface area contributed by atoms with Crippen molar-refractivity contribution >= 4 is 90.2 Å². The van der Waals surface area contributed by atoms with Crippen LogP contribution >= 0.6 is 43.2 Å².